The number of aliphatic hydroxyl groups is 1. The third-order valence-corrected chi connectivity index (χ3v) is 1.00. The minimum absolute atomic E-state index is 0.157. The average molecular weight is 88.1 g/mol. The van der Waals surface area contributed by atoms with Crippen LogP contribution in [0.15, 0.2) is 0 Å². The standard InChI is InChI=1S/C4H8O2/c1-6-4-2-3(4)5/h3-5H,2H2,1H3/t3-,4?/m1/s1. The zero-order valence-electron chi connectivity index (χ0n) is 3.72. The van der Waals surface area contributed by atoms with Gasteiger partial charge in [0.2, 0.25) is 0 Å². The Morgan fingerprint density at radius 1 is 1.83 bits per heavy atom. The molecule has 0 radical (unpaired) electrons. The molecule has 0 saturated heterocycles. The molecule has 0 aromatic heterocycles. The summed E-state index contributed by atoms with van der Waals surface area (Å²) in [5.74, 6) is 0. The molecule has 2 nitrogen and oxygen atoms in total. The second-order valence-corrected chi connectivity index (χ2v) is 1.58. The van der Waals surface area contributed by atoms with E-state index in [1.165, 1.54) is 0 Å². The van der Waals surface area contributed by atoms with Crippen molar-refractivity contribution in [1.82, 2.24) is 0 Å². The summed E-state index contributed by atoms with van der Waals surface area (Å²) < 4.78 is 4.72. The average Bonchev–Trinajstić information content (AvgIpc) is 2.19. The maximum absolute atomic E-state index is 8.50. The molecule has 36 valence electrons. The Kier molecular flexibility index (Phi) is 0.821. The van der Waals surface area contributed by atoms with Crippen molar-refractivity contribution in [1.29, 1.82) is 0 Å². The first-order chi connectivity index (χ1) is 2.84. The molecule has 0 aromatic carbocycles. The molecule has 0 heterocycles. The molecule has 1 aliphatic rings. The maximum Gasteiger partial charge on any atom is 0.0856 e. The molecular weight excluding hydrogens is 80.0 g/mol. The first kappa shape index (κ1) is 4.09. The highest BCUT2D eigenvalue weighted by molar-refractivity contribution is 4.86. The van der Waals surface area contributed by atoms with Crippen molar-refractivity contribution in [2.24, 2.45) is 0 Å². The van der Waals surface area contributed by atoms with Crippen LogP contribution in [0.2, 0.25) is 0 Å². The normalized spacial score (nSPS) is 43.0. The fraction of sp³-hybridized carbons (Fsp3) is 1.00. The van der Waals surface area contributed by atoms with Crippen LogP contribution in [0, 0.1) is 0 Å². The summed E-state index contributed by atoms with van der Waals surface area (Å²) in [7, 11) is 1.61. The Morgan fingerprint density at radius 2 is 2.33 bits per heavy atom. The molecule has 0 aromatic rings. The third-order valence-electron chi connectivity index (χ3n) is 1.00. The van der Waals surface area contributed by atoms with Crippen molar-refractivity contribution in [3.63, 3.8) is 0 Å². The van der Waals surface area contributed by atoms with Crippen molar-refractivity contribution in [3.8, 4) is 0 Å². The molecule has 1 rings (SSSR count). The van der Waals surface area contributed by atoms with E-state index in [4.69, 9.17) is 9.84 Å². The Bertz CT molecular complexity index is 51.5. The molecule has 0 aliphatic heterocycles. The van der Waals surface area contributed by atoms with Crippen molar-refractivity contribution < 1.29 is 9.84 Å². The molecule has 1 aliphatic carbocycles. The van der Waals surface area contributed by atoms with E-state index in [0.717, 1.165) is 6.42 Å². The van der Waals surface area contributed by atoms with Crippen molar-refractivity contribution >= 4 is 0 Å². The van der Waals surface area contributed by atoms with Crippen LogP contribution in [0.25, 0.3) is 0 Å². The molecule has 0 amide bonds. The van der Waals surface area contributed by atoms with Gasteiger partial charge in [-0.25, -0.2) is 0 Å². The van der Waals surface area contributed by atoms with Gasteiger partial charge in [0.05, 0.1) is 12.2 Å². The number of aliphatic hydroxyl groups excluding tert-OH is 1. The second-order valence-electron chi connectivity index (χ2n) is 1.58. The van der Waals surface area contributed by atoms with Crippen LogP contribution in [0.1, 0.15) is 6.42 Å². The number of hydrogen-bond donors (Lipinski definition) is 1. The van der Waals surface area contributed by atoms with E-state index in [2.05, 4.69) is 0 Å². The quantitative estimate of drug-likeness (QED) is 0.479. The van der Waals surface area contributed by atoms with Gasteiger partial charge < -0.3 is 9.84 Å². The minimum atomic E-state index is -0.157. The fourth-order valence-electron chi connectivity index (χ4n) is 0.413. The lowest BCUT2D eigenvalue weighted by molar-refractivity contribution is 0.128. The number of rotatable bonds is 1. The van der Waals surface area contributed by atoms with Crippen molar-refractivity contribution in [2.45, 2.75) is 18.6 Å². The van der Waals surface area contributed by atoms with Gasteiger partial charge in [-0.1, -0.05) is 0 Å². The van der Waals surface area contributed by atoms with E-state index < -0.39 is 0 Å². The van der Waals surface area contributed by atoms with Crippen LogP contribution in [0.5, 0.6) is 0 Å². The van der Waals surface area contributed by atoms with Crippen LogP contribution in [0.3, 0.4) is 0 Å². The Labute approximate surface area is 36.7 Å². The van der Waals surface area contributed by atoms with Gasteiger partial charge in [0, 0.05) is 13.5 Å². The lowest BCUT2D eigenvalue weighted by Crippen LogP contribution is -1.92. The largest absolute Gasteiger partial charge is 0.390 e. The zero-order valence-corrected chi connectivity index (χ0v) is 3.72. The highest BCUT2D eigenvalue weighted by Gasteiger charge is 2.34. The SMILES string of the molecule is COC1C[C@H]1O. The van der Waals surface area contributed by atoms with E-state index in [1.807, 2.05) is 0 Å². The van der Waals surface area contributed by atoms with Crippen LogP contribution in [0.4, 0.5) is 0 Å². The summed E-state index contributed by atoms with van der Waals surface area (Å²) >= 11 is 0. The van der Waals surface area contributed by atoms with E-state index >= 15 is 0 Å². The summed E-state index contributed by atoms with van der Waals surface area (Å²) in [4.78, 5) is 0. The Hall–Kier alpha value is -0.0800. The molecular formula is C4H8O2. The Balaban J connectivity index is 2.09. The van der Waals surface area contributed by atoms with Crippen molar-refractivity contribution in [3.05, 3.63) is 0 Å². The van der Waals surface area contributed by atoms with E-state index in [0.29, 0.717) is 0 Å². The number of methoxy groups -OCH3 is 1. The molecule has 1 N–H and O–H groups in total. The van der Waals surface area contributed by atoms with Gasteiger partial charge in [-0.15, -0.1) is 0 Å². The van der Waals surface area contributed by atoms with Gasteiger partial charge in [0.15, 0.2) is 0 Å². The summed E-state index contributed by atoms with van der Waals surface area (Å²) in [6, 6.07) is 0. The van der Waals surface area contributed by atoms with Gasteiger partial charge in [-0.05, 0) is 0 Å². The van der Waals surface area contributed by atoms with Gasteiger partial charge in [-0.2, -0.15) is 0 Å². The third kappa shape index (κ3) is 0.533. The predicted molar refractivity (Wildman–Crippen MR) is 21.4 cm³/mol. The predicted octanol–water partition coefficient (Wildman–Crippen LogP) is -0.234. The molecule has 1 saturated carbocycles. The zero-order chi connectivity index (χ0) is 4.57. The topological polar surface area (TPSA) is 29.5 Å². The minimum Gasteiger partial charge on any atom is -0.390 e. The molecule has 2 atom stereocenters. The first-order valence-corrected chi connectivity index (χ1v) is 2.05. The van der Waals surface area contributed by atoms with Gasteiger partial charge in [0.25, 0.3) is 0 Å². The summed E-state index contributed by atoms with van der Waals surface area (Å²) in [6.07, 6.45) is 0.830. The lowest BCUT2D eigenvalue weighted by Gasteiger charge is -1.84. The number of ether oxygens (including phenoxy) is 1. The number of hydrogen-bond acceptors (Lipinski definition) is 2. The second kappa shape index (κ2) is 1.21. The van der Waals surface area contributed by atoms with E-state index in [-0.39, 0.29) is 12.2 Å². The summed E-state index contributed by atoms with van der Waals surface area (Å²) in [5, 5.41) is 8.50. The van der Waals surface area contributed by atoms with Crippen LogP contribution in [-0.4, -0.2) is 24.4 Å². The van der Waals surface area contributed by atoms with Gasteiger partial charge in [-0.3, -0.25) is 0 Å². The van der Waals surface area contributed by atoms with Crippen molar-refractivity contribution in [2.75, 3.05) is 7.11 Å². The van der Waals surface area contributed by atoms with E-state index in [1.54, 1.807) is 7.11 Å². The van der Waals surface area contributed by atoms with Crippen LogP contribution < -0.4 is 0 Å². The van der Waals surface area contributed by atoms with E-state index in [9.17, 15) is 0 Å². The van der Waals surface area contributed by atoms with Gasteiger partial charge >= 0.3 is 0 Å². The highest BCUT2D eigenvalue weighted by atomic mass is 16.5. The molecule has 1 fully saturated rings. The first-order valence-electron chi connectivity index (χ1n) is 2.05. The lowest BCUT2D eigenvalue weighted by atomic mass is 10.8. The molecule has 2 heteroatoms. The molecule has 1 unspecified atom stereocenters. The summed E-state index contributed by atoms with van der Waals surface area (Å²) in [5.41, 5.74) is 0. The molecule has 0 spiro atoms. The molecule has 6 heavy (non-hydrogen) atoms. The fourth-order valence-corrected chi connectivity index (χ4v) is 0.413. The maximum atomic E-state index is 8.50. The summed E-state index contributed by atoms with van der Waals surface area (Å²) in [6.45, 7) is 0. The smallest absolute Gasteiger partial charge is 0.0856 e. The highest BCUT2D eigenvalue weighted by Crippen LogP contribution is 2.22. The monoisotopic (exact) mass is 88.1 g/mol. The van der Waals surface area contributed by atoms with Crippen LogP contribution in [-0.2, 0) is 4.74 Å². The van der Waals surface area contributed by atoms with Gasteiger partial charge in [0.1, 0.15) is 0 Å². The molecule has 0 bridgehead atoms. The van der Waals surface area contributed by atoms with Crippen LogP contribution >= 0.6 is 0 Å². The Morgan fingerprint density at radius 3 is 2.33 bits per heavy atom.